The monoisotopic (exact) mass is 183 g/mol. The van der Waals surface area contributed by atoms with Crippen LogP contribution in [0.25, 0.3) is 0 Å². The van der Waals surface area contributed by atoms with Crippen LogP contribution in [-0.4, -0.2) is 11.1 Å². The van der Waals surface area contributed by atoms with Gasteiger partial charge in [-0.2, -0.15) is 0 Å². The molecule has 1 nitrogen and oxygen atoms in total. The summed E-state index contributed by atoms with van der Waals surface area (Å²) >= 11 is 0. The molecule has 1 aliphatic carbocycles. The summed E-state index contributed by atoms with van der Waals surface area (Å²) in [5.74, 6) is 0.935. The molecule has 0 aromatic rings. The molecule has 3 aliphatic rings. The molecule has 0 amide bonds. The Morgan fingerprint density at radius 3 is 1.69 bits per heavy atom. The minimum absolute atomic E-state index is 0.408. The van der Waals surface area contributed by atoms with E-state index in [2.05, 4.69) is 26.1 Å². The van der Waals surface area contributed by atoms with Gasteiger partial charge in [0, 0.05) is 11.1 Å². The molecule has 2 aliphatic heterocycles. The van der Waals surface area contributed by atoms with Crippen LogP contribution >= 0.6 is 0 Å². The van der Waals surface area contributed by atoms with Gasteiger partial charge in [0.2, 0.25) is 0 Å². The fraction of sp³-hybridized carbons (Fsp3) is 1.00. The van der Waals surface area contributed by atoms with Crippen LogP contribution in [0, 0.1) is 5.92 Å². The van der Waals surface area contributed by atoms with Crippen molar-refractivity contribution in [2.75, 3.05) is 0 Å². The topological polar surface area (TPSA) is 12.0 Å². The second kappa shape index (κ2) is 3.61. The Kier molecular flexibility index (Phi) is 3.06. The minimum atomic E-state index is 0.408. The standard InChI is InChI=1S/C10H19N.C2H6/c1-9(2)8-4-6-10(3,11-9)7-5-8;1-2/h8,11H,4-7H2,1-3H3;1-2H3. The Morgan fingerprint density at radius 1 is 1.00 bits per heavy atom. The van der Waals surface area contributed by atoms with Gasteiger partial charge in [-0.05, 0) is 52.4 Å². The molecule has 0 aromatic carbocycles. The average molecular weight is 183 g/mol. The largest absolute Gasteiger partial charge is 0.306 e. The first-order chi connectivity index (χ1) is 6.02. The lowest BCUT2D eigenvalue weighted by Crippen LogP contribution is -2.64. The fourth-order valence-electron chi connectivity index (χ4n) is 2.98. The van der Waals surface area contributed by atoms with E-state index in [1.165, 1.54) is 25.7 Å². The van der Waals surface area contributed by atoms with Gasteiger partial charge in [-0.3, -0.25) is 0 Å². The van der Waals surface area contributed by atoms with Crippen molar-refractivity contribution in [1.29, 1.82) is 0 Å². The fourth-order valence-corrected chi connectivity index (χ4v) is 2.98. The van der Waals surface area contributed by atoms with Crippen molar-refractivity contribution in [3.8, 4) is 0 Å². The van der Waals surface area contributed by atoms with Crippen LogP contribution in [0.2, 0.25) is 0 Å². The van der Waals surface area contributed by atoms with Gasteiger partial charge in [-0.25, -0.2) is 0 Å². The first-order valence-electron chi connectivity index (χ1n) is 5.81. The summed E-state index contributed by atoms with van der Waals surface area (Å²) in [6.07, 6.45) is 5.66. The molecule has 2 saturated heterocycles. The summed E-state index contributed by atoms with van der Waals surface area (Å²) in [4.78, 5) is 0. The predicted octanol–water partition coefficient (Wildman–Crippen LogP) is 3.34. The van der Waals surface area contributed by atoms with E-state index in [-0.39, 0.29) is 0 Å². The Hall–Kier alpha value is -0.0400. The second-order valence-electron chi connectivity index (χ2n) is 5.18. The third kappa shape index (κ3) is 2.07. The highest BCUT2D eigenvalue weighted by Gasteiger charge is 2.46. The maximum atomic E-state index is 3.77. The molecule has 1 N–H and O–H groups in total. The van der Waals surface area contributed by atoms with Gasteiger partial charge in [0.15, 0.2) is 0 Å². The van der Waals surface area contributed by atoms with Gasteiger partial charge in [0.05, 0.1) is 0 Å². The molecule has 13 heavy (non-hydrogen) atoms. The summed E-state index contributed by atoms with van der Waals surface area (Å²) in [5.41, 5.74) is 0.878. The predicted molar refractivity (Wildman–Crippen MR) is 58.9 cm³/mol. The van der Waals surface area contributed by atoms with Crippen molar-refractivity contribution in [3.05, 3.63) is 0 Å². The van der Waals surface area contributed by atoms with Crippen molar-refractivity contribution in [1.82, 2.24) is 5.32 Å². The third-order valence-corrected chi connectivity index (χ3v) is 3.73. The maximum Gasteiger partial charge on any atom is 0.0158 e. The normalized spacial score (nSPS) is 40.8. The van der Waals surface area contributed by atoms with Gasteiger partial charge in [0.1, 0.15) is 0 Å². The quantitative estimate of drug-likeness (QED) is 0.607. The molecule has 1 heteroatoms. The number of fused-ring (bicyclic) bond motifs is 3. The Labute approximate surface area is 83.3 Å². The van der Waals surface area contributed by atoms with Crippen molar-refractivity contribution in [2.24, 2.45) is 5.92 Å². The van der Waals surface area contributed by atoms with Crippen LogP contribution in [0.5, 0.6) is 0 Å². The van der Waals surface area contributed by atoms with Crippen LogP contribution < -0.4 is 5.32 Å². The minimum Gasteiger partial charge on any atom is -0.306 e. The highest BCUT2D eigenvalue weighted by atomic mass is 15.1. The highest BCUT2D eigenvalue weighted by Crippen LogP contribution is 2.44. The van der Waals surface area contributed by atoms with Gasteiger partial charge in [-0.15, -0.1) is 0 Å². The van der Waals surface area contributed by atoms with Crippen molar-refractivity contribution in [2.45, 2.75) is 71.4 Å². The molecule has 0 unspecified atom stereocenters. The lowest BCUT2D eigenvalue weighted by atomic mass is 9.64. The van der Waals surface area contributed by atoms with E-state index in [1.807, 2.05) is 13.8 Å². The van der Waals surface area contributed by atoms with Crippen LogP contribution in [-0.2, 0) is 0 Å². The molecule has 1 saturated carbocycles. The Morgan fingerprint density at radius 2 is 1.46 bits per heavy atom. The van der Waals surface area contributed by atoms with Crippen LogP contribution in [0.1, 0.15) is 60.3 Å². The lowest BCUT2D eigenvalue weighted by molar-refractivity contribution is 0.0330. The third-order valence-electron chi connectivity index (χ3n) is 3.73. The summed E-state index contributed by atoms with van der Waals surface area (Å²) in [6.45, 7) is 11.1. The number of rotatable bonds is 0. The summed E-state index contributed by atoms with van der Waals surface area (Å²) in [5, 5.41) is 3.77. The number of nitrogens with one attached hydrogen (secondary N) is 1. The zero-order chi connectivity index (χ0) is 10.1. The summed E-state index contributed by atoms with van der Waals surface area (Å²) in [6, 6.07) is 0. The van der Waals surface area contributed by atoms with E-state index in [1.54, 1.807) is 0 Å². The van der Waals surface area contributed by atoms with Crippen LogP contribution in [0.15, 0.2) is 0 Å². The van der Waals surface area contributed by atoms with Gasteiger partial charge in [0.25, 0.3) is 0 Å². The first kappa shape index (κ1) is 11.0. The molecule has 0 aromatic heterocycles. The number of hydrogen-bond acceptors (Lipinski definition) is 1. The first-order valence-corrected chi connectivity index (χ1v) is 5.81. The molecular formula is C12H25N. The van der Waals surface area contributed by atoms with Crippen LogP contribution in [0.3, 0.4) is 0 Å². The van der Waals surface area contributed by atoms with Crippen LogP contribution in [0.4, 0.5) is 0 Å². The smallest absolute Gasteiger partial charge is 0.0158 e. The molecule has 0 radical (unpaired) electrons. The molecule has 3 fully saturated rings. The summed E-state index contributed by atoms with van der Waals surface area (Å²) in [7, 11) is 0. The summed E-state index contributed by atoms with van der Waals surface area (Å²) < 4.78 is 0. The highest BCUT2D eigenvalue weighted by molar-refractivity contribution is 5.05. The number of hydrogen-bond donors (Lipinski definition) is 1. The number of piperidine rings is 2. The molecule has 2 bridgehead atoms. The van der Waals surface area contributed by atoms with Crippen molar-refractivity contribution >= 4 is 0 Å². The van der Waals surface area contributed by atoms with Crippen molar-refractivity contribution in [3.63, 3.8) is 0 Å². The van der Waals surface area contributed by atoms with E-state index >= 15 is 0 Å². The molecule has 3 rings (SSSR count). The zero-order valence-electron chi connectivity index (χ0n) is 9.91. The SMILES string of the molecule is CC.CC12CCC(CC1)C(C)(C)N2. The Bertz CT molecular complexity index is 161. The molecule has 78 valence electrons. The van der Waals surface area contributed by atoms with E-state index in [0.29, 0.717) is 11.1 Å². The molecule has 0 atom stereocenters. The molecule has 2 heterocycles. The molecule has 0 spiro atoms. The lowest BCUT2D eigenvalue weighted by Gasteiger charge is -2.55. The van der Waals surface area contributed by atoms with Gasteiger partial charge < -0.3 is 5.32 Å². The zero-order valence-corrected chi connectivity index (χ0v) is 9.91. The van der Waals surface area contributed by atoms with E-state index in [4.69, 9.17) is 0 Å². The second-order valence-corrected chi connectivity index (χ2v) is 5.18. The maximum absolute atomic E-state index is 3.77. The van der Waals surface area contributed by atoms with Gasteiger partial charge >= 0.3 is 0 Å². The van der Waals surface area contributed by atoms with Crippen molar-refractivity contribution < 1.29 is 0 Å². The van der Waals surface area contributed by atoms with E-state index in [9.17, 15) is 0 Å². The van der Waals surface area contributed by atoms with E-state index < -0.39 is 0 Å². The van der Waals surface area contributed by atoms with Gasteiger partial charge in [-0.1, -0.05) is 13.8 Å². The average Bonchev–Trinajstić information content (AvgIpc) is 2.05. The Balaban J connectivity index is 0.000000396. The van der Waals surface area contributed by atoms with E-state index in [0.717, 1.165) is 5.92 Å². The molecular weight excluding hydrogens is 158 g/mol.